The van der Waals surface area contributed by atoms with Gasteiger partial charge in [0.1, 0.15) is 5.75 Å². The third kappa shape index (κ3) is 4.28. The fraction of sp³-hybridized carbons (Fsp3) is 0.429. The van der Waals surface area contributed by atoms with Gasteiger partial charge in [-0.15, -0.1) is 0 Å². The third-order valence-electron chi connectivity index (χ3n) is 4.91. The van der Waals surface area contributed by atoms with Crippen LogP contribution in [0, 0.1) is 13.8 Å². The normalized spacial score (nSPS) is 15.7. The predicted octanol–water partition coefficient (Wildman–Crippen LogP) is 3.60. The molecule has 5 nitrogen and oxygen atoms in total. The Morgan fingerprint density at radius 2 is 1.63 bits per heavy atom. The Bertz CT molecular complexity index is 874. The summed E-state index contributed by atoms with van der Waals surface area (Å²) in [4.78, 5) is 2.58. The van der Waals surface area contributed by atoms with E-state index in [1.165, 1.54) is 0 Å². The van der Waals surface area contributed by atoms with Crippen molar-refractivity contribution in [3.63, 3.8) is 0 Å². The van der Waals surface area contributed by atoms with Crippen LogP contribution in [0.15, 0.2) is 47.4 Å². The lowest BCUT2D eigenvalue weighted by Crippen LogP contribution is -2.48. The van der Waals surface area contributed by atoms with Gasteiger partial charge in [0.05, 0.1) is 11.5 Å². The van der Waals surface area contributed by atoms with Crippen LogP contribution in [0.2, 0.25) is 0 Å². The number of piperazine rings is 1. The third-order valence-corrected chi connectivity index (χ3v) is 6.95. The molecule has 146 valence electrons. The van der Waals surface area contributed by atoms with Crippen LogP contribution in [0.25, 0.3) is 0 Å². The van der Waals surface area contributed by atoms with E-state index in [1.807, 2.05) is 45.0 Å². The molecule has 0 N–H and O–H groups in total. The summed E-state index contributed by atoms with van der Waals surface area (Å²) < 4.78 is 33.8. The molecular formula is C21H28N2O3S. The van der Waals surface area contributed by atoms with E-state index in [-0.39, 0.29) is 0 Å². The molecule has 2 aromatic carbocycles. The molecule has 0 amide bonds. The molecule has 27 heavy (non-hydrogen) atoms. The summed E-state index contributed by atoms with van der Waals surface area (Å²) in [6.45, 7) is 8.76. The number of hydrogen-bond acceptors (Lipinski definition) is 4. The van der Waals surface area contributed by atoms with Gasteiger partial charge >= 0.3 is 0 Å². The molecule has 3 rings (SSSR count). The first-order valence-electron chi connectivity index (χ1n) is 9.47. The molecular weight excluding hydrogens is 360 g/mol. The molecule has 0 aliphatic carbocycles. The van der Waals surface area contributed by atoms with E-state index >= 15 is 0 Å². The van der Waals surface area contributed by atoms with Crippen molar-refractivity contribution in [2.45, 2.75) is 32.1 Å². The zero-order valence-corrected chi connectivity index (χ0v) is 17.1. The van der Waals surface area contributed by atoms with Gasteiger partial charge in [-0.05, 0) is 43.5 Å². The quantitative estimate of drug-likeness (QED) is 0.759. The zero-order chi connectivity index (χ0) is 19.4. The lowest BCUT2D eigenvalue weighted by molar-refractivity contribution is 0.314. The molecule has 0 aromatic heterocycles. The summed E-state index contributed by atoms with van der Waals surface area (Å²) in [6, 6.07) is 13.7. The number of aryl methyl sites for hydroxylation is 2. The Labute approximate surface area is 162 Å². The fourth-order valence-corrected chi connectivity index (χ4v) is 5.07. The predicted molar refractivity (Wildman–Crippen MR) is 109 cm³/mol. The van der Waals surface area contributed by atoms with Crippen LogP contribution in [0.1, 0.15) is 24.5 Å². The minimum absolute atomic E-state index is 0.354. The molecule has 1 aliphatic heterocycles. The zero-order valence-electron chi connectivity index (χ0n) is 16.3. The van der Waals surface area contributed by atoms with Crippen LogP contribution in [-0.4, -0.2) is 45.5 Å². The lowest BCUT2D eigenvalue weighted by Gasteiger charge is -2.35. The van der Waals surface area contributed by atoms with Crippen molar-refractivity contribution in [2.24, 2.45) is 0 Å². The highest BCUT2D eigenvalue weighted by Gasteiger charge is 2.30. The van der Waals surface area contributed by atoms with Gasteiger partial charge in [-0.2, -0.15) is 4.31 Å². The Morgan fingerprint density at radius 3 is 2.26 bits per heavy atom. The van der Waals surface area contributed by atoms with Crippen molar-refractivity contribution in [2.75, 3.05) is 37.7 Å². The minimum Gasteiger partial charge on any atom is -0.493 e. The van der Waals surface area contributed by atoms with Crippen LogP contribution >= 0.6 is 0 Å². The molecule has 0 radical (unpaired) electrons. The molecule has 0 atom stereocenters. The molecule has 6 heteroatoms. The first-order chi connectivity index (χ1) is 12.9. The van der Waals surface area contributed by atoms with E-state index in [0.717, 1.165) is 23.2 Å². The number of anilines is 1. The molecule has 0 spiro atoms. The number of para-hydroxylation sites is 1. The highest BCUT2D eigenvalue weighted by molar-refractivity contribution is 7.89. The van der Waals surface area contributed by atoms with Gasteiger partial charge in [0, 0.05) is 37.9 Å². The maximum atomic E-state index is 13.2. The molecule has 0 unspecified atom stereocenters. The lowest BCUT2D eigenvalue weighted by atomic mass is 10.1. The summed E-state index contributed by atoms with van der Waals surface area (Å²) in [5.74, 6) is 0.656. The summed E-state index contributed by atoms with van der Waals surface area (Å²) in [6.07, 6.45) is 0.886. The van der Waals surface area contributed by atoms with E-state index in [4.69, 9.17) is 4.74 Å². The number of rotatable bonds is 6. The topological polar surface area (TPSA) is 49.9 Å². The van der Waals surface area contributed by atoms with E-state index in [9.17, 15) is 8.42 Å². The second kappa shape index (κ2) is 8.31. The van der Waals surface area contributed by atoms with E-state index < -0.39 is 10.0 Å². The Kier molecular flexibility index (Phi) is 6.07. The maximum Gasteiger partial charge on any atom is 0.243 e. The Balaban J connectivity index is 1.79. The van der Waals surface area contributed by atoms with Crippen LogP contribution in [-0.2, 0) is 10.0 Å². The van der Waals surface area contributed by atoms with Gasteiger partial charge in [0.25, 0.3) is 0 Å². The van der Waals surface area contributed by atoms with Gasteiger partial charge in [0.2, 0.25) is 10.0 Å². The molecule has 1 saturated heterocycles. The van der Waals surface area contributed by atoms with Gasteiger partial charge in [-0.25, -0.2) is 8.42 Å². The van der Waals surface area contributed by atoms with E-state index in [0.29, 0.717) is 43.4 Å². The van der Waals surface area contributed by atoms with Gasteiger partial charge in [-0.1, -0.05) is 31.2 Å². The molecule has 2 aromatic rings. The van der Waals surface area contributed by atoms with Crippen LogP contribution in [0.5, 0.6) is 5.75 Å². The van der Waals surface area contributed by atoms with Crippen molar-refractivity contribution in [3.05, 3.63) is 53.6 Å². The second-order valence-corrected chi connectivity index (χ2v) is 8.86. The fourth-order valence-electron chi connectivity index (χ4n) is 3.42. The summed E-state index contributed by atoms with van der Waals surface area (Å²) >= 11 is 0. The number of sulfonamides is 1. The first kappa shape index (κ1) is 19.7. The number of hydrogen-bond donors (Lipinski definition) is 0. The SMILES string of the molecule is CCCOc1cc(S(=O)(=O)N2CCN(c3ccccc3)CC2)c(C)cc1C. The van der Waals surface area contributed by atoms with Crippen molar-refractivity contribution in [1.82, 2.24) is 4.31 Å². The highest BCUT2D eigenvalue weighted by Crippen LogP contribution is 2.29. The van der Waals surface area contributed by atoms with Gasteiger partial charge in [-0.3, -0.25) is 0 Å². The number of ether oxygens (including phenoxy) is 1. The maximum absolute atomic E-state index is 13.2. The molecule has 1 fully saturated rings. The van der Waals surface area contributed by atoms with Crippen LogP contribution in [0.3, 0.4) is 0 Å². The minimum atomic E-state index is -3.54. The molecule has 1 heterocycles. The van der Waals surface area contributed by atoms with Gasteiger partial charge < -0.3 is 9.64 Å². The number of benzene rings is 2. The van der Waals surface area contributed by atoms with Crippen molar-refractivity contribution in [3.8, 4) is 5.75 Å². The summed E-state index contributed by atoms with van der Waals surface area (Å²) in [5.41, 5.74) is 2.87. The summed E-state index contributed by atoms with van der Waals surface area (Å²) in [5, 5.41) is 0. The average Bonchev–Trinajstić information content (AvgIpc) is 2.68. The van der Waals surface area contributed by atoms with E-state index in [1.54, 1.807) is 10.4 Å². The molecule has 0 bridgehead atoms. The van der Waals surface area contributed by atoms with E-state index in [2.05, 4.69) is 17.0 Å². The Morgan fingerprint density at radius 1 is 0.963 bits per heavy atom. The van der Waals surface area contributed by atoms with Crippen LogP contribution < -0.4 is 9.64 Å². The molecule has 1 aliphatic rings. The molecule has 0 saturated carbocycles. The number of nitrogens with zero attached hydrogens (tertiary/aromatic N) is 2. The largest absolute Gasteiger partial charge is 0.493 e. The smallest absolute Gasteiger partial charge is 0.243 e. The van der Waals surface area contributed by atoms with Crippen LogP contribution in [0.4, 0.5) is 5.69 Å². The monoisotopic (exact) mass is 388 g/mol. The van der Waals surface area contributed by atoms with Crippen molar-refractivity contribution >= 4 is 15.7 Å². The standard InChI is InChI=1S/C21H28N2O3S/c1-4-14-26-20-16-21(18(3)15-17(20)2)27(24,25)23-12-10-22(11-13-23)19-8-6-5-7-9-19/h5-9,15-16H,4,10-14H2,1-3H3. The van der Waals surface area contributed by atoms with Crippen molar-refractivity contribution in [1.29, 1.82) is 0 Å². The summed E-state index contributed by atoms with van der Waals surface area (Å²) in [7, 11) is -3.54. The van der Waals surface area contributed by atoms with Crippen molar-refractivity contribution < 1.29 is 13.2 Å². The van der Waals surface area contributed by atoms with Gasteiger partial charge in [0.15, 0.2) is 0 Å². The second-order valence-electron chi connectivity index (χ2n) is 6.96. The Hall–Kier alpha value is -2.05. The first-order valence-corrected chi connectivity index (χ1v) is 10.9. The average molecular weight is 389 g/mol. The highest BCUT2D eigenvalue weighted by atomic mass is 32.2.